The first-order valence-corrected chi connectivity index (χ1v) is 8.97. The first-order valence-electron chi connectivity index (χ1n) is 7.11. The minimum Gasteiger partial charge on any atom is -0.411 e. The molecule has 1 aromatic carbocycles. The minimum atomic E-state index is -0.577. The molecule has 0 unspecified atom stereocenters. The fourth-order valence-electron chi connectivity index (χ4n) is 1.87. The van der Waals surface area contributed by atoms with Gasteiger partial charge in [-0.2, -0.15) is 0 Å². The average molecular weight is 348 g/mol. The van der Waals surface area contributed by atoms with Gasteiger partial charge in [0.2, 0.25) is 5.89 Å². The summed E-state index contributed by atoms with van der Waals surface area (Å²) in [7, 11) is 0. The molecule has 0 aliphatic heterocycles. The highest BCUT2D eigenvalue weighted by molar-refractivity contribution is 7.99. The topological polar surface area (TPSA) is 68.4 Å². The predicted octanol–water partition coefficient (Wildman–Crippen LogP) is 3.47. The van der Waals surface area contributed by atoms with Crippen LogP contribution in [0.1, 0.15) is 4.88 Å². The molecule has 0 radical (unpaired) electrons. The van der Waals surface area contributed by atoms with E-state index < -0.39 is 6.10 Å². The Morgan fingerprint density at radius 1 is 1.17 bits per heavy atom. The van der Waals surface area contributed by atoms with Crippen LogP contribution in [0.25, 0.3) is 11.5 Å². The van der Waals surface area contributed by atoms with E-state index in [9.17, 15) is 5.11 Å². The van der Waals surface area contributed by atoms with E-state index in [1.807, 2.05) is 47.8 Å². The van der Waals surface area contributed by atoms with Crippen LogP contribution in [0.2, 0.25) is 0 Å². The summed E-state index contributed by atoms with van der Waals surface area (Å²) in [6.07, 6.45) is -0.577. The van der Waals surface area contributed by atoms with Gasteiger partial charge in [0.15, 0.2) is 0 Å². The molecule has 7 heteroatoms. The van der Waals surface area contributed by atoms with Gasteiger partial charge in [0.1, 0.15) is 0 Å². The summed E-state index contributed by atoms with van der Waals surface area (Å²) < 4.78 is 11.1. The van der Waals surface area contributed by atoms with Crippen LogP contribution in [-0.2, 0) is 11.3 Å². The van der Waals surface area contributed by atoms with E-state index in [2.05, 4.69) is 10.2 Å². The van der Waals surface area contributed by atoms with Gasteiger partial charge < -0.3 is 14.3 Å². The Morgan fingerprint density at radius 2 is 2.04 bits per heavy atom. The van der Waals surface area contributed by atoms with Crippen molar-refractivity contribution in [2.45, 2.75) is 17.9 Å². The van der Waals surface area contributed by atoms with Gasteiger partial charge in [-0.15, -0.1) is 21.5 Å². The van der Waals surface area contributed by atoms with Gasteiger partial charge in [-0.05, 0) is 23.6 Å². The van der Waals surface area contributed by atoms with Crippen molar-refractivity contribution < 1.29 is 14.3 Å². The van der Waals surface area contributed by atoms with Crippen LogP contribution in [0.3, 0.4) is 0 Å². The Kier molecular flexibility index (Phi) is 5.82. The molecule has 3 rings (SSSR count). The van der Waals surface area contributed by atoms with E-state index in [-0.39, 0.29) is 6.61 Å². The third-order valence-corrected chi connectivity index (χ3v) is 4.77. The average Bonchev–Trinajstić information content (AvgIpc) is 3.25. The van der Waals surface area contributed by atoms with Crippen LogP contribution in [0.4, 0.5) is 0 Å². The molecule has 0 saturated carbocycles. The van der Waals surface area contributed by atoms with Crippen molar-refractivity contribution in [2.24, 2.45) is 0 Å². The Labute approximate surface area is 142 Å². The molecule has 2 aromatic heterocycles. The van der Waals surface area contributed by atoms with Gasteiger partial charge in [0, 0.05) is 16.2 Å². The molecule has 0 fully saturated rings. The number of ether oxygens (including phenoxy) is 1. The lowest BCUT2D eigenvalue weighted by atomic mass is 10.2. The van der Waals surface area contributed by atoms with Crippen LogP contribution in [0, 0.1) is 0 Å². The van der Waals surface area contributed by atoms with Crippen molar-refractivity contribution >= 4 is 23.1 Å². The fourth-order valence-corrected chi connectivity index (χ4v) is 3.18. The zero-order chi connectivity index (χ0) is 15.9. The van der Waals surface area contributed by atoms with Crippen LogP contribution in [-0.4, -0.2) is 33.8 Å². The molecule has 1 atom stereocenters. The Bertz CT molecular complexity index is 701. The maximum atomic E-state index is 9.93. The van der Waals surface area contributed by atoms with Crippen molar-refractivity contribution in [3.05, 3.63) is 52.7 Å². The van der Waals surface area contributed by atoms with Crippen molar-refractivity contribution in [2.75, 3.05) is 12.4 Å². The third-order valence-electron chi connectivity index (χ3n) is 2.96. The predicted molar refractivity (Wildman–Crippen MR) is 90.4 cm³/mol. The molecule has 0 bridgehead atoms. The SMILES string of the molecule is O[C@H](COCc1cccs1)CSc1nnc(-c2ccccc2)o1. The summed E-state index contributed by atoms with van der Waals surface area (Å²) in [5.41, 5.74) is 0.881. The van der Waals surface area contributed by atoms with Crippen molar-refractivity contribution in [3.8, 4) is 11.5 Å². The fraction of sp³-hybridized carbons (Fsp3) is 0.250. The zero-order valence-corrected chi connectivity index (χ0v) is 13.9. The molecule has 5 nitrogen and oxygen atoms in total. The number of benzene rings is 1. The number of aliphatic hydroxyl groups excluding tert-OH is 1. The number of thiophene rings is 1. The van der Waals surface area contributed by atoms with E-state index in [0.717, 1.165) is 10.4 Å². The smallest absolute Gasteiger partial charge is 0.276 e. The minimum absolute atomic E-state index is 0.282. The summed E-state index contributed by atoms with van der Waals surface area (Å²) in [6, 6.07) is 13.6. The zero-order valence-electron chi connectivity index (χ0n) is 12.3. The van der Waals surface area contributed by atoms with Crippen molar-refractivity contribution in [3.63, 3.8) is 0 Å². The molecule has 1 N–H and O–H groups in total. The standard InChI is InChI=1S/C16H16N2O3S2/c19-13(9-20-10-14-7-4-8-22-14)11-23-16-18-17-15(21-16)12-5-2-1-3-6-12/h1-8,13,19H,9-11H2/t13-/m1/s1. The van der Waals surface area contributed by atoms with Crippen LogP contribution in [0.5, 0.6) is 0 Å². The molecular weight excluding hydrogens is 332 g/mol. The van der Waals surface area contributed by atoms with Gasteiger partial charge in [0.25, 0.3) is 5.22 Å². The normalized spacial score (nSPS) is 12.4. The molecule has 0 saturated heterocycles. The van der Waals surface area contributed by atoms with E-state index in [4.69, 9.17) is 9.15 Å². The number of aliphatic hydroxyl groups is 1. The van der Waals surface area contributed by atoms with Gasteiger partial charge in [-0.3, -0.25) is 0 Å². The Balaban J connectivity index is 1.42. The number of nitrogens with zero attached hydrogens (tertiary/aromatic N) is 2. The van der Waals surface area contributed by atoms with E-state index >= 15 is 0 Å². The third kappa shape index (κ3) is 4.90. The molecule has 0 amide bonds. The molecule has 0 spiro atoms. The van der Waals surface area contributed by atoms with Gasteiger partial charge in [-0.1, -0.05) is 36.0 Å². The molecule has 0 aliphatic rings. The summed E-state index contributed by atoms with van der Waals surface area (Å²) in [5, 5.41) is 20.4. The number of hydrogen-bond acceptors (Lipinski definition) is 7. The van der Waals surface area contributed by atoms with E-state index in [1.54, 1.807) is 11.3 Å². The maximum absolute atomic E-state index is 9.93. The number of aromatic nitrogens is 2. The summed E-state index contributed by atoms with van der Waals surface area (Å²) in [6.45, 7) is 0.808. The second kappa shape index (κ2) is 8.26. The lowest BCUT2D eigenvalue weighted by molar-refractivity contribution is 0.0408. The quantitative estimate of drug-likeness (QED) is 0.629. The second-order valence-corrected chi connectivity index (χ2v) is 6.80. The Morgan fingerprint density at radius 3 is 2.83 bits per heavy atom. The van der Waals surface area contributed by atoms with Crippen LogP contribution in [0.15, 0.2) is 57.5 Å². The van der Waals surface area contributed by atoms with Gasteiger partial charge >= 0.3 is 0 Å². The maximum Gasteiger partial charge on any atom is 0.276 e. The molecular formula is C16H16N2O3S2. The van der Waals surface area contributed by atoms with E-state index in [0.29, 0.717) is 23.5 Å². The highest BCUT2D eigenvalue weighted by Crippen LogP contribution is 2.23. The summed E-state index contributed by atoms with van der Waals surface area (Å²) in [4.78, 5) is 1.15. The molecule has 120 valence electrons. The highest BCUT2D eigenvalue weighted by atomic mass is 32.2. The largest absolute Gasteiger partial charge is 0.411 e. The molecule has 2 heterocycles. The van der Waals surface area contributed by atoms with Crippen molar-refractivity contribution in [1.82, 2.24) is 10.2 Å². The number of thioether (sulfide) groups is 1. The van der Waals surface area contributed by atoms with Crippen LogP contribution >= 0.6 is 23.1 Å². The second-order valence-electron chi connectivity index (χ2n) is 4.80. The lowest BCUT2D eigenvalue weighted by Gasteiger charge is -2.08. The Hall–Kier alpha value is -1.67. The molecule has 0 aliphatic carbocycles. The summed E-state index contributed by atoms with van der Waals surface area (Å²) >= 11 is 2.96. The summed E-state index contributed by atoms with van der Waals surface area (Å²) in [5.74, 6) is 0.928. The molecule has 3 aromatic rings. The first-order chi connectivity index (χ1) is 11.3. The number of rotatable bonds is 8. The monoisotopic (exact) mass is 348 g/mol. The van der Waals surface area contributed by atoms with Gasteiger partial charge in [-0.25, -0.2) is 0 Å². The lowest BCUT2D eigenvalue weighted by Crippen LogP contribution is -2.17. The van der Waals surface area contributed by atoms with Crippen molar-refractivity contribution in [1.29, 1.82) is 0 Å². The molecule has 23 heavy (non-hydrogen) atoms. The van der Waals surface area contributed by atoms with Crippen LogP contribution < -0.4 is 0 Å². The van der Waals surface area contributed by atoms with Gasteiger partial charge in [0.05, 0.1) is 19.3 Å². The first kappa shape index (κ1) is 16.2. The van der Waals surface area contributed by atoms with E-state index in [1.165, 1.54) is 11.8 Å². The number of hydrogen-bond donors (Lipinski definition) is 1. The highest BCUT2D eigenvalue weighted by Gasteiger charge is 2.12.